The smallest absolute Gasteiger partial charge is 0.190 e. The van der Waals surface area contributed by atoms with Gasteiger partial charge in [-0.2, -0.15) is 0 Å². The Morgan fingerprint density at radius 2 is 1.62 bits per heavy atom. The first-order valence-corrected chi connectivity index (χ1v) is 9.29. The summed E-state index contributed by atoms with van der Waals surface area (Å²) >= 11 is 0. The van der Waals surface area contributed by atoms with Gasteiger partial charge in [-0.1, -0.05) is 41.6 Å². The standard InChI is InChI=1S/C22H25N3O/c1-15-5-4-14-25(15)20-12-10-18(11-13-20)17-6-8-19(9-7-17)22-21(23-3)16(2)24-26-22/h6-13,15,23H,4-5,14H2,1-3H3. The summed E-state index contributed by atoms with van der Waals surface area (Å²) in [5, 5.41) is 7.22. The van der Waals surface area contributed by atoms with Gasteiger partial charge in [0.1, 0.15) is 11.4 Å². The van der Waals surface area contributed by atoms with Crippen LogP contribution in [0.5, 0.6) is 0 Å². The second-order valence-corrected chi connectivity index (χ2v) is 7.03. The Morgan fingerprint density at radius 3 is 2.19 bits per heavy atom. The molecule has 0 bridgehead atoms. The summed E-state index contributed by atoms with van der Waals surface area (Å²) in [5.41, 5.74) is 6.61. The maximum absolute atomic E-state index is 5.48. The monoisotopic (exact) mass is 347 g/mol. The van der Waals surface area contributed by atoms with Gasteiger partial charge in [0.25, 0.3) is 0 Å². The molecule has 0 amide bonds. The lowest BCUT2D eigenvalue weighted by Gasteiger charge is -2.24. The van der Waals surface area contributed by atoms with E-state index < -0.39 is 0 Å². The van der Waals surface area contributed by atoms with Gasteiger partial charge in [0.2, 0.25) is 0 Å². The van der Waals surface area contributed by atoms with E-state index in [4.69, 9.17) is 4.52 Å². The number of benzene rings is 2. The molecule has 4 rings (SSSR count). The van der Waals surface area contributed by atoms with Crippen LogP contribution in [0, 0.1) is 6.92 Å². The minimum Gasteiger partial charge on any atom is -0.383 e. The van der Waals surface area contributed by atoms with Gasteiger partial charge >= 0.3 is 0 Å². The van der Waals surface area contributed by atoms with Crippen LogP contribution >= 0.6 is 0 Å². The number of nitrogens with zero attached hydrogens (tertiary/aromatic N) is 2. The van der Waals surface area contributed by atoms with Crippen molar-refractivity contribution in [1.82, 2.24) is 5.16 Å². The summed E-state index contributed by atoms with van der Waals surface area (Å²) in [6.07, 6.45) is 2.58. The molecule has 4 nitrogen and oxygen atoms in total. The van der Waals surface area contributed by atoms with Crippen molar-refractivity contribution in [1.29, 1.82) is 0 Å². The number of nitrogens with one attached hydrogen (secondary N) is 1. The quantitative estimate of drug-likeness (QED) is 0.691. The van der Waals surface area contributed by atoms with Crippen LogP contribution in [0.3, 0.4) is 0 Å². The fourth-order valence-electron chi connectivity index (χ4n) is 3.84. The molecule has 2 aromatic carbocycles. The third-order valence-electron chi connectivity index (χ3n) is 5.35. The Balaban J connectivity index is 1.57. The molecule has 1 fully saturated rings. The number of aromatic nitrogens is 1. The lowest BCUT2D eigenvalue weighted by atomic mass is 10.0. The summed E-state index contributed by atoms with van der Waals surface area (Å²) in [6.45, 7) is 5.42. The minimum atomic E-state index is 0.645. The largest absolute Gasteiger partial charge is 0.383 e. The first-order valence-electron chi connectivity index (χ1n) is 9.29. The molecule has 1 aromatic heterocycles. The molecule has 1 saturated heterocycles. The zero-order valence-corrected chi connectivity index (χ0v) is 15.6. The second-order valence-electron chi connectivity index (χ2n) is 7.03. The van der Waals surface area contributed by atoms with Crippen molar-refractivity contribution in [3.05, 3.63) is 54.2 Å². The zero-order chi connectivity index (χ0) is 18.1. The van der Waals surface area contributed by atoms with E-state index in [0.717, 1.165) is 22.7 Å². The summed E-state index contributed by atoms with van der Waals surface area (Å²) in [6, 6.07) is 18.0. The van der Waals surface area contributed by atoms with Crippen LogP contribution in [0.25, 0.3) is 22.5 Å². The first-order chi connectivity index (χ1) is 12.7. The van der Waals surface area contributed by atoms with E-state index in [1.807, 2.05) is 14.0 Å². The Bertz CT molecular complexity index is 881. The van der Waals surface area contributed by atoms with Crippen LogP contribution in [-0.4, -0.2) is 24.8 Å². The number of anilines is 2. The Kier molecular flexibility index (Phi) is 4.41. The second kappa shape index (κ2) is 6.87. The van der Waals surface area contributed by atoms with Gasteiger partial charge in [-0.3, -0.25) is 0 Å². The van der Waals surface area contributed by atoms with Crippen molar-refractivity contribution in [3.8, 4) is 22.5 Å². The number of rotatable bonds is 4. The highest BCUT2D eigenvalue weighted by Gasteiger charge is 2.20. The van der Waals surface area contributed by atoms with Crippen LogP contribution in [0.4, 0.5) is 11.4 Å². The van der Waals surface area contributed by atoms with E-state index in [9.17, 15) is 0 Å². The molecule has 0 saturated carbocycles. The van der Waals surface area contributed by atoms with E-state index in [-0.39, 0.29) is 0 Å². The van der Waals surface area contributed by atoms with Crippen molar-refractivity contribution >= 4 is 11.4 Å². The van der Waals surface area contributed by atoms with Crippen molar-refractivity contribution in [2.75, 3.05) is 23.8 Å². The van der Waals surface area contributed by atoms with Gasteiger partial charge in [-0.25, -0.2) is 0 Å². The highest BCUT2D eigenvalue weighted by atomic mass is 16.5. The lowest BCUT2D eigenvalue weighted by Crippen LogP contribution is -2.25. The Labute approximate surface area is 154 Å². The highest BCUT2D eigenvalue weighted by Crippen LogP contribution is 2.33. The topological polar surface area (TPSA) is 41.3 Å². The van der Waals surface area contributed by atoms with E-state index in [2.05, 4.69) is 70.8 Å². The third kappa shape index (κ3) is 2.96. The van der Waals surface area contributed by atoms with Gasteiger partial charge in [-0.15, -0.1) is 0 Å². The van der Waals surface area contributed by atoms with Gasteiger partial charge < -0.3 is 14.7 Å². The van der Waals surface area contributed by atoms with Gasteiger partial charge in [-0.05, 0) is 49.9 Å². The first kappa shape index (κ1) is 16.7. The molecule has 134 valence electrons. The molecular formula is C22H25N3O. The third-order valence-corrected chi connectivity index (χ3v) is 5.35. The Hall–Kier alpha value is -2.75. The van der Waals surface area contributed by atoms with E-state index in [1.54, 1.807) is 0 Å². The molecule has 26 heavy (non-hydrogen) atoms. The predicted molar refractivity (Wildman–Crippen MR) is 108 cm³/mol. The van der Waals surface area contributed by atoms with Gasteiger partial charge in [0, 0.05) is 30.9 Å². The number of hydrogen-bond acceptors (Lipinski definition) is 4. The maximum atomic E-state index is 5.48. The molecule has 1 unspecified atom stereocenters. The summed E-state index contributed by atoms with van der Waals surface area (Å²) in [4.78, 5) is 2.50. The number of hydrogen-bond donors (Lipinski definition) is 1. The molecule has 0 radical (unpaired) electrons. The zero-order valence-electron chi connectivity index (χ0n) is 15.6. The van der Waals surface area contributed by atoms with E-state index in [1.165, 1.54) is 36.2 Å². The van der Waals surface area contributed by atoms with Crippen LogP contribution < -0.4 is 10.2 Å². The summed E-state index contributed by atoms with van der Waals surface area (Å²) < 4.78 is 5.48. The van der Waals surface area contributed by atoms with Crippen molar-refractivity contribution in [2.45, 2.75) is 32.7 Å². The molecule has 1 aliphatic heterocycles. The van der Waals surface area contributed by atoms with Crippen molar-refractivity contribution in [3.63, 3.8) is 0 Å². The fraction of sp³-hybridized carbons (Fsp3) is 0.318. The summed E-state index contributed by atoms with van der Waals surface area (Å²) in [5.74, 6) is 0.787. The highest BCUT2D eigenvalue weighted by molar-refractivity contribution is 5.76. The van der Waals surface area contributed by atoms with Crippen LogP contribution in [-0.2, 0) is 0 Å². The predicted octanol–water partition coefficient (Wildman–Crippen LogP) is 5.35. The molecule has 1 atom stereocenters. The maximum Gasteiger partial charge on any atom is 0.190 e. The normalized spacial score (nSPS) is 16.9. The lowest BCUT2D eigenvalue weighted by molar-refractivity contribution is 0.427. The Morgan fingerprint density at radius 1 is 1.00 bits per heavy atom. The molecule has 1 N–H and O–H groups in total. The fourth-order valence-corrected chi connectivity index (χ4v) is 3.84. The average molecular weight is 347 g/mol. The van der Waals surface area contributed by atoms with E-state index in [0.29, 0.717) is 6.04 Å². The molecule has 3 aromatic rings. The molecule has 0 spiro atoms. The molecule has 0 aliphatic carbocycles. The van der Waals surface area contributed by atoms with Crippen molar-refractivity contribution in [2.24, 2.45) is 0 Å². The van der Waals surface area contributed by atoms with Gasteiger partial charge in [0.05, 0.1) is 0 Å². The molecule has 4 heteroatoms. The van der Waals surface area contributed by atoms with Crippen molar-refractivity contribution < 1.29 is 4.52 Å². The molecule has 2 heterocycles. The molecule has 1 aliphatic rings. The van der Waals surface area contributed by atoms with Crippen LogP contribution in [0.2, 0.25) is 0 Å². The number of aryl methyl sites for hydroxylation is 1. The van der Waals surface area contributed by atoms with E-state index >= 15 is 0 Å². The summed E-state index contributed by atoms with van der Waals surface area (Å²) in [7, 11) is 1.89. The molecular weight excluding hydrogens is 322 g/mol. The minimum absolute atomic E-state index is 0.645. The SMILES string of the molecule is CNc1c(C)noc1-c1ccc(-c2ccc(N3CCCC3C)cc2)cc1. The van der Waals surface area contributed by atoms with Gasteiger partial charge in [0.15, 0.2) is 5.76 Å². The van der Waals surface area contributed by atoms with Crippen LogP contribution in [0.1, 0.15) is 25.5 Å². The van der Waals surface area contributed by atoms with Crippen LogP contribution in [0.15, 0.2) is 53.1 Å². The average Bonchev–Trinajstić information content (AvgIpc) is 3.27.